The lowest BCUT2D eigenvalue weighted by Gasteiger charge is -2.16. The number of methoxy groups -OCH3 is 1. The van der Waals surface area contributed by atoms with Gasteiger partial charge in [0.2, 0.25) is 0 Å². The van der Waals surface area contributed by atoms with Crippen molar-refractivity contribution < 1.29 is 4.74 Å². The van der Waals surface area contributed by atoms with Gasteiger partial charge in [-0.05, 0) is 36.6 Å². The molecule has 1 aromatic rings. The smallest absolute Gasteiger partial charge is 0.122 e. The zero-order chi connectivity index (χ0) is 10.7. The highest BCUT2D eigenvalue weighted by atomic mass is 16.5. The third-order valence-corrected chi connectivity index (χ3v) is 2.65. The van der Waals surface area contributed by atoms with Crippen LogP contribution in [0.2, 0.25) is 0 Å². The van der Waals surface area contributed by atoms with Crippen molar-refractivity contribution in [2.75, 3.05) is 13.7 Å². The maximum Gasteiger partial charge on any atom is 0.122 e. The second kappa shape index (κ2) is 4.44. The van der Waals surface area contributed by atoms with Crippen molar-refractivity contribution in [1.29, 1.82) is 0 Å². The number of nitrogens with two attached hydrogens (primary N) is 2. The lowest BCUT2D eigenvalue weighted by molar-refractivity contribution is 0.411. The molecule has 0 aliphatic carbocycles. The fourth-order valence-corrected chi connectivity index (χ4v) is 1.57. The van der Waals surface area contributed by atoms with E-state index in [2.05, 4.69) is 0 Å². The van der Waals surface area contributed by atoms with E-state index in [4.69, 9.17) is 16.2 Å². The summed E-state index contributed by atoms with van der Waals surface area (Å²) in [4.78, 5) is 0. The summed E-state index contributed by atoms with van der Waals surface area (Å²) >= 11 is 0. The molecular formula is C11H18N2O. The van der Waals surface area contributed by atoms with E-state index in [0.29, 0.717) is 6.54 Å². The molecule has 0 spiro atoms. The van der Waals surface area contributed by atoms with E-state index >= 15 is 0 Å². The summed E-state index contributed by atoms with van der Waals surface area (Å²) < 4.78 is 5.22. The molecule has 0 bridgehead atoms. The molecule has 14 heavy (non-hydrogen) atoms. The molecule has 1 aromatic carbocycles. The Labute approximate surface area is 85.0 Å². The summed E-state index contributed by atoms with van der Waals surface area (Å²) in [7, 11) is 1.67. The Morgan fingerprint density at radius 2 is 1.93 bits per heavy atom. The Hall–Kier alpha value is -1.06. The van der Waals surface area contributed by atoms with E-state index in [-0.39, 0.29) is 6.04 Å². The number of benzene rings is 1. The summed E-state index contributed by atoms with van der Waals surface area (Å²) in [5.41, 5.74) is 14.8. The fourth-order valence-electron chi connectivity index (χ4n) is 1.57. The summed E-state index contributed by atoms with van der Waals surface area (Å²) in [6.07, 6.45) is 0. The van der Waals surface area contributed by atoms with Crippen LogP contribution < -0.4 is 16.2 Å². The largest absolute Gasteiger partial charge is 0.496 e. The van der Waals surface area contributed by atoms with Crippen LogP contribution in [0.25, 0.3) is 0 Å². The van der Waals surface area contributed by atoms with Gasteiger partial charge in [0, 0.05) is 12.6 Å². The zero-order valence-corrected chi connectivity index (χ0v) is 9.00. The molecule has 0 aliphatic rings. The number of hydrogen-bond donors (Lipinski definition) is 2. The molecular weight excluding hydrogens is 176 g/mol. The van der Waals surface area contributed by atoms with Gasteiger partial charge < -0.3 is 16.2 Å². The second-order valence-corrected chi connectivity index (χ2v) is 3.45. The van der Waals surface area contributed by atoms with Crippen molar-refractivity contribution in [3.05, 3.63) is 28.8 Å². The number of hydrogen-bond acceptors (Lipinski definition) is 3. The highest BCUT2D eigenvalue weighted by Crippen LogP contribution is 2.26. The first-order valence-corrected chi connectivity index (χ1v) is 4.71. The molecule has 0 fully saturated rings. The molecule has 0 aromatic heterocycles. The van der Waals surface area contributed by atoms with Crippen LogP contribution in [-0.4, -0.2) is 13.7 Å². The van der Waals surface area contributed by atoms with Crippen LogP contribution in [0.5, 0.6) is 5.75 Å². The molecule has 1 atom stereocenters. The molecule has 0 saturated heterocycles. The minimum Gasteiger partial charge on any atom is -0.496 e. The summed E-state index contributed by atoms with van der Waals surface area (Å²) in [5.74, 6) is 0.899. The third-order valence-electron chi connectivity index (χ3n) is 2.65. The molecule has 0 amide bonds. The normalized spacial score (nSPS) is 12.6. The van der Waals surface area contributed by atoms with Gasteiger partial charge in [0.05, 0.1) is 7.11 Å². The average Bonchev–Trinajstić information content (AvgIpc) is 2.21. The standard InChI is InChI=1S/C11H18N2O/c1-7-8(2)11(14-3)5-4-9(7)10(13)6-12/h4-5,10H,6,12-13H2,1-3H3. The van der Waals surface area contributed by atoms with E-state index in [1.807, 2.05) is 26.0 Å². The number of rotatable bonds is 3. The Bertz CT molecular complexity index is 323. The van der Waals surface area contributed by atoms with Gasteiger partial charge >= 0.3 is 0 Å². The molecule has 1 rings (SSSR count). The average molecular weight is 194 g/mol. The SMILES string of the molecule is COc1ccc(C(N)CN)c(C)c1C. The van der Waals surface area contributed by atoms with Gasteiger partial charge in [0.1, 0.15) is 5.75 Å². The quantitative estimate of drug-likeness (QED) is 0.761. The van der Waals surface area contributed by atoms with Crippen molar-refractivity contribution >= 4 is 0 Å². The molecule has 1 unspecified atom stereocenters. The van der Waals surface area contributed by atoms with Gasteiger partial charge in [-0.1, -0.05) is 6.07 Å². The first kappa shape index (κ1) is 11.0. The van der Waals surface area contributed by atoms with E-state index in [9.17, 15) is 0 Å². The van der Waals surface area contributed by atoms with Crippen molar-refractivity contribution in [3.63, 3.8) is 0 Å². The Morgan fingerprint density at radius 3 is 2.43 bits per heavy atom. The van der Waals surface area contributed by atoms with Gasteiger partial charge in [-0.25, -0.2) is 0 Å². The van der Waals surface area contributed by atoms with Gasteiger partial charge in [-0.2, -0.15) is 0 Å². The minimum atomic E-state index is -0.0837. The first-order valence-electron chi connectivity index (χ1n) is 4.71. The predicted molar refractivity (Wildman–Crippen MR) is 58.5 cm³/mol. The van der Waals surface area contributed by atoms with E-state index in [1.165, 1.54) is 5.56 Å². The van der Waals surface area contributed by atoms with Crippen molar-refractivity contribution in [2.45, 2.75) is 19.9 Å². The molecule has 0 heterocycles. The highest BCUT2D eigenvalue weighted by molar-refractivity contribution is 5.44. The topological polar surface area (TPSA) is 61.3 Å². The van der Waals surface area contributed by atoms with Crippen LogP contribution >= 0.6 is 0 Å². The monoisotopic (exact) mass is 194 g/mol. The Kier molecular flexibility index (Phi) is 3.49. The van der Waals surface area contributed by atoms with Crippen LogP contribution in [0, 0.1) is 13.8 Å². The van der Waals surface area contributed by atoms with Crippen LogP contribution in [0.1, 0.15) is 22.7 Å². The zero-order valence-electron chi connectivity index (χ0n) is 9.00. The molecule has 0 aliphatic heterocycles. The molecule has 3 nitrogen and oxygen atoms in total. The lowest BCUT2D eigenvalue weighted by Crippen LogP contribution is -2.21. The minimum absolute atomic E-state index is 0.0837. The van der Waals surface area contributed by atoms with Gasteiger partial charge in [-0.3, -0.25) is 0 Å². The van der Waals surface area contributed by atoms with Crippen LogP contribution in [-0.2, 0) is 0 Å². The molecule has 0 saturated carbocycles. The van der Waals surface area contributed by atoms with Crippen LogP contribution in [0.15, 0.2) is 12.1 Å². The van der Waals surface area contributed by atoms with Crippen LogP contribution in [0.3, 0.4) is 0 Å². The predicted octanol–water partition coefficient (Wildman–Crippen LogP) is 1.27. The molecule has 78 valence electrons. The summed E-state index contributed by atoms with van der Waals surface area (Å²) in [5, 5.41) is 0. The Morgan fingerprint density at radius 1 is 1.29 bits per heavy atom. The molecule has 4 N–H and O–H groups in total. The van der Waals surface area contributed by atoms with Crippen LogP contribution in [0.4, 0.5) is 0 Å². The van der Waals surface area contributed by atoms with Gasteiger partial charge in [-0.15, -0.1) is 0 Å². The third kappa shape index (κ3) is 1.89. The summed E-state index contributed by atoms with van der Waals surface area (Å²) in [6.45, 7) is 4.54. The first-order chi connectivity index (χ1) is 6.61. The van der Waals surface area contributed by atoms with Crippen molar-refractivity contribution in [3.8, 4) is 5.75 Å². The fraction of sp³-hybridized carbons (Fsp3) is 0.455. The summed E-state index contributed by atoms with van der Waals surface area (Å²) in [6, 6.07) is 3.84. The van der Waals surface area contributed by atoms with Gasteiger partial charge in [0.25, 0.3) is 0 Å². The maximum atomic E-state index is 5.89. The maximum absolute atomic E-state index is 5.89. The number of ether oxygens (including phenoxy) is 1. The van der Waals surface area contributed by atoms with E-state index in [1.54, 1.807) is 7.11 Å². The van der Waals surface area contributed by atoms with Gasteiger partial charge in [0.15, 0.2) is 0 Å². The highest BCUT2D eigenvalue weighted by Gasteiger charge is 2.11. The second-order valence-electron chi connectivity index (χ2n) is 3.45. The van der Waals surface area contributed by atoms with E-state index < -0.39 is 0 Å². The van der Waals surface area contributed by atoms with Crippen molar-refractivity contribution in [2.24, 2.45) is 11.5 Å². The molecule has 0 radical (unpaired) electrons. The Balaban J connectivity index is 3.17. The lowest BCUT2D eigenvalue weighted by atomic mass is 9.97. The molecule has 3 heteroatoms. The van der Waals surface area contributed by atoms with E-state index in [0.717, 1.165) is 16.9 Å². The van der Waals surface area contributed by atoms with Crippen molar-refractivity contribution in [1.82, 2.24) is 0 Å².